The standard InChI is InChI=1S/C16H23N3O3S/c1-2-16(6-7-16)12-19-23(21,22)15-5-4-13(11-17)10-14(15)18-8-3-9-20/h4-5,10,18-20H,2-3,6-9,12H2,1H3. The molecule has 1 fully saturated rings. The van der Waals surface area contributed by atoms with E-state index in [4.69, 9.17) is 10.4 Å². The number of sulfonamides is 1. The van der Waals surface area contributed by atoms with Crippen LogP contribution in [0.1, 0.15) is 38.2 Å². The number of aliphatic hydroxyl groups is 1. The summed E-state index contributed by atoms with van der Waals surface area (Å²) in [4.78, 5) is 0.140. The van der Waals surface area contributed by atoms with Crippen molar-refractivity contribution in [2.45, 2.75) is 37.5 Å². The highest BCUT2D eigenvalue weighted by Gasteiger charge is 2.41. The second-order valence-corrected chi connectivity index (χ2v) is 7.74. The molecule has 0 aromatic heterocycles. The molecule has 0 amide bonds. The number of rotatable bonds is 9. The largest absolute Gasteiger partial charge is 0.396 e. The molecule has 0 saturated heterocycles. The molecule has 0 atom stereocenters. The van der Waals surface area contributed by atoms with Gasteiger partial charge in [0.05, 0.1) is 17.3 Å². The second kappa shape index (κ2) is 7.30. The first-order valence-electron chi connectivity index (χ1n) is 7.85. The Balaban J connectivity index is 2.20. The van der Waals surface area contributed by atoms with Crippen molar-refractivity contribution in [3.63, 3.8) is 0 Å². The number of nitrogens with zero attached hydrogens (tertiary/aromatic N) is 1. The first-order chi connectivity index (χ1) is 11.0. The Kier molecular flexibility index (Phi) is 5.63. The SMILES string of the molecule is CCC1(CNS(=O)(=O)c2ccc(C#N)cc2NCCCO)CC1. The molecule has 1 saturated carbocycles. The molecule has 6 nitrogen and oxygen atoms in total. The van der Waals surface area contributed by atoms with Gasteiger partial charge in [0.1, 0.15) is 4.90 Å². The average Bonchev–Trinajstić information content (AvgIpc) is 3.34. The highest BCUT2D eigenvalue weighted by molar-refractivity contribution is 7.89. The molecular weight excluding hydrogens is 314 g/mol. The molecule has 23 heavy (non-hydrogen) atoms. The van der Waals surface area contributed by atoms with Crippen LogP contribution in [0, 0.1) is 16.7 Å². The van der Waals surface area contributed by atoms with Crippen molar-refractivity contribution in [2.24, 2.45) is 5.41 Å². The number of benzene rings is 1. The molecule has 126 valence electrons. The lowest BCUT2D eigenvalue weighted by Crippen LogP contribution is -2.30. The lowest BCUT2D eigenvalue weighted by atomic mass is 10.1. The van der Waals surface area contributed by atoms with Crippen LogP contribution >= 0.6 is 0 Å². The smallest absolute Gasteiger partial charge is 0.242 e. The topological polar surface area (TPSA) is 102 Å². The minimum Gasteiger partial charge on any atom is -0.396 e. The van der Waals surface area contributed by atoms with Crippen molar-refractivity contribution in [3.05, 3.63) is 23.8 Å². The van der Waals surface area contributed by atoms with Crippen LogP contribution in [0.25, 0.3) is 0 Å². The molecule has 7 heteroatoms. The number of nitriles is 1. The van der Waals surface area contributed by atoms with E-state index < -0.39 is 10.0 Å². The molecule has 0 aliphatic heterocycles. The van der Waals surface area contributed by atoms with Crippen LogP contribution in [0.3, 0.4) is 0 Å². The molecule has 0 radical (unpaired) electrons. The van der Waals surface area contributed by atoms with Gasteiger partial charge in [-0.05, 0) is 49.3 Å². The highest BCUT2D eigenvalue weighted by Crippen LogP contribution is 2.48. The molecule has 2 rings (SSSR count). The third kappa shape index (κ3) is 4.44. The van der Waals surface area contributed by atoms with Crippen LogP contribution in [0.4, 0.5) is 5.69 Å². The van der Waals surface area contributed by atoms with E-state index in [1.807, 2.05) is 6.07 Å². The van der Waals surface area contributed by atoms with Gasteiger partial charge in [0.15, 0.2) is 0 Å². The fourth-order valence-electron chi connectivity index (χ4n) is 2.43. The van der Waals surface area contributed by atoms with Gasteiger partial charge in [-0.1, -0.05) is 6.92 Å². The van der Waals surface area contributed by atoms with Gasteiger partial charge in [-0.3, -0.25) is 0 Å². The normalized spacial score (nSPS) is 15.9. The third-order valence-corrected chi connectivity index (χ3v) is 5.85. The molecular formula is C16H23N3O3S. The first kappa shape index (κ1) is 17.7. The maximum Gasteiger partial charge on any atom is 0.242 e. The van der Waals surface area contributed by atoms with E-state index in [0.717, 1.165) is 19.3 Å². The second-order valence-electron chi connectivity index (χ2n) is 6.00. The molecule has 1 aliphatic carbocycles. The predicted molar refractivity (Wildman–Crippen MR) is 88.5 cm³/mol. The van der Waals surface area contributed by atoms with E-state index in [1.165, 1.54) is 18.2 Å². The van der Waals surface area contributed by atoms with Gasteiger partial charge in [0, 0.05) is 19.7 Å². The van der Waals surface area contributed by atoms with Gasteiger partial charge in [-0.15, -0.1) is 0 Å². The van der Waals surface area contributed by atoms with Crippen molar-refractivity contribution in [3.8, 4) is 6.07 Å². The Labute approximate surface area is 137 Å². The zero-order valence-electron chi connectivity index (χ0n) is 13.3. The van der Waals surface area contributed by atoms with Crippen molar-refractivity contribution < 1.29 is 13.5 Å². The lowest BCUT2D eigenvalue weighted by molar-refractivity contribution is 0.292. The first-order valence-corrected chi connectivity index (χ1v) is 9.33. The van der Waals surface area contributed by atoms with Crippen molar-refractivity contribution in [1.82, 2.24) is 4.72 Å². The number of anilines is 1. The van der Waals surface area contributed by atoms with E-state index in [1.54, 1.807) is 0 Å². The zero-order chi connectivity index (χ0) is 16.9. The summed E-state index contributed by atoms with van der Waals surface area (Å²) < 4.78 is 27.9. The molecule has 1 aliphatic rings. The van der Waals surface area contributed by atoms with Crippen LogP contribution in [-0.2, 0) is 10.0 Å². The van der Waals surface area contributed by atoms with Crippen LogP contribution in [0.15, 0.2) is 23.1 Å². The van der Waals surface area contributed by atoms with Crippen molar-refractivity contribution >= 4 is 15.7 Å². The Morgan fingerprint density at radius 1 is 1.39 bits per heavy atom. The summed E-state index contributed by atoms with van der Waals surface area (Å²) in [5.74, 6) is 0. The zero-order valence-corrected chi connectivity index (χ0v) is 14.1. The van der Waals surface area contributed by atoms with E-state index in [0.29, 0.717) is 30.8 Å². The number of nitrogens with one attached hydrogen (secondary N) is 2. The number of hydrogen-bond donors (Lipinski definition) is 3. The molecule has 0 bridgehead atoms. The monoisotopic (exact) mass is 337 g/mol. The summed E-state index contributed by atoms with van der Waals surface area (Å²) in [5.41, 5.74) is 0.901. The highest BCUT2D eigenvalue weighted by atomic mass is 32.2. The fourth-order valence-corrected chi connectivity index (χ4v) is 3.75. The average molecular weight is 337 g/mol. The fraction of sp³-hybridized carbons (Fsp3) is 0.562. The molecule has 1 aromatic rings. The predicted octanol–water partition coefficient (Wildman–Crippen LogP) is 1.82. The van der Waals surface area contributed by atoms with Gasteiger partial charge in [-0.2, -0.15) is 5.26 Å². The molecule has 3 N–H and O–H groups in total. The van der Waals surface area contributed by atoms with Crippen molar-refractivity contribution in [2.75, 3.05) is 25.0 Å². The van der Waals surface area contributed by atoms with Gasteiger partial charge in [0.2, 0.25) is 10.0 Å². The molecule has 1 aromatic carbocycles. The summed E-state index contributed by atoms with van der Waals surface area (Å²) in [7, 11) is -3.64. The summed E-state index contributed by atoms with van der Waals surface area (Å²) in [6.45, 7) is 2.98. The quantitative estimate of drug-likeness (QED) is 0.597. The Morgan fingerprint density at radius 3 is 2.70 bits per heavy atom. The Bertz CT molecular complexity index is 691. The molecule has 0 unspecified atom stereocenters. The summed E-state index contributed by atoms with van der Waals surface area (Å²) >= 11 is 0. The van der Waals surface area contributed by atoms with E-state index in [-0.39, 0.29) is 16.9 Å². The lowest BCUT2D eigenvalue weighted by Gasteiger charge is -2.16. The third-order valence-electron chi connectivity index (χ3n) is 4.39. The van der Waals surface area contributed by atoms with Crippen molar-refractivity contribution in [1.29, 1.82) is 5.26 Å². The minimum absolute atomic E-state index is 0.0181. The number of hydrogen-bond acceptors (Lipinski definition) is 5. The summed E-state index contributed by atoms with van der Waals surface area (Å²) in [5, 5.41) is 20.8. The molecule has 0 heterocycles. The van der Waals surface area contributed by atoms with Gasteiger partial charge in [-0.25, -0.2) is 13.1 Å². The van der Waals surface area contributed by atoms with Crippen LogP contribution in [0.2, 0.25) is 0 Å². The summed E-state index contributed by atoms with van der Waals surface area (Å²) in [6.07, 6.45) is 3.58. The van der Waals surface area contributed by atoms with Gasteiger partial charge < -0.3 is 10.4 Å². The minimum atomic E-state index is -3.64. The maximum absolute atomic E-state index is 12.6. The summed E-state index contributed by atoms with van der Waals surface area (Å²) in [6, 6.07) is 6.48. The van der Waals surface area contributed by atoms with Crippen LogP contribution in [-0.4, -0.2) is 33.2 Å². The van der Waals surface area contributed by atoms with E-state index in [9.17, 15) is 8.42 Å². The van der Waals surface area contributed by atoms with Crippen LogP contribution in [0.5, 0.6) is 0 Å². The van der Waals surface area contributed by atoms with E-state index >= 15 is 0 Å². The van der Waals surface area contributed by atoms with Gasteiger partial charge in [0.25, 0.3) is 0 Å². The number of aliphatic hydroxyl groups excluding tert-OH is 1. The maximum atomic E-state index is 12.6. The van der Waals surface area contributed by atoms with Gasteiger partial charge >= 0.3 is 0 Å². The Morgan fingerprint density at radius 2 is 2.13 bits per heavy atom. The van der Waals surface area contributed by atoms with E-state index in [2.05, 4.69) is 17.0 Å². The van der Waals surface area contributed by atoms with Crippen LogP contribution < -0.4 is 10.0 Å². The molecule has 0 spiro atoms. The Hall–Kier alpha value is -1.62.